The van der Waals surface area contributed by atoms with Crippen LogP contribution in [-0.2, 0) is 0 Å². The minimum absolute atomic E-state index is 0.562. The van der Waals surface area contributed by atoms with E-state index in [-0.39, 0.29) is 0 Å². The average molecular weight is 163 g/mol. The first kappa shape index (κ1) is 9.11. The molecular formula is C11H17N. The van der Waals surface area contributed by atoms with Crippen LogP contribution < -0.4 is 5.32 Å². The van der Waals surface area contributed by atoms with Crippen molar-refractivity contribution in [1.29, 1.82) is 0 Å². The topological polar surface area (TPSA) is 12.0 Å². The molecule has 66 valence electrons. The summed E-state index contributed by atoms with van der Waals surface area (Å²) < 4.78 is 0. The Morgan fingerprint density at radius 1 is 1.42 bits per heavy atom. The lowest BCUT2D eigenvalue weighted by Crippen LogP contribution is -2.13. The van der Waals surface area contributed by atoms with Gasteiger partial charge in [-0.2, -0.15) is 0 Å². The molecule has 0 saturated heterocycles. The summed E-state index contributed by atoms with van der Waals surface area (Å²) in [6.45, 7) is 6.50. The molecule has 0 radical (unpaired) electrons. The van der Waals surface area contributed by atoms with Crippen molar-refractivity contribution in [3.05, 3.63) is 29.8 Å². The molecular weight excluding hydrogens is 146 g/mol. The molecule has 1 N–H and O–H groups in total. The molecule has 0 aliphatic rings. The maximum absolute atomic E-state index is 3.43. The molecule has 0 saturated carbocycles. The van der Waals surface area contributed by atoms with Crippen molar-refractivity contribution < 1.29 is 0 Å². The van der Waals surface area contributed by atoms with Crippen molar-refractivity contribution in [3.8, 4) is 0 Å². The smallest absolute Gasteiger partial charge is 0.0344 e. The summed E-state index contributed by atoms with van der Waals surface area (Å²) in [5.41, 5.74) is 2.53. The molecule has 0 fully saturated rings. The molecule has 1 aromatic carbocycles. The molecule has 1 atom stereocenters. The van der Waals surface area contributed by atoms with Crippen molar-refractivity contribution >= 4 is 5.69 Å². The first-order valence-electron chi connectivity index (χ1n) is 4.55. The maximum atomic E-state index is 3.43. The van der Waals surface area contributed by atoms with Crippen LogP contribution in [0.5, 0.6) is 0 Å². The summed E-state index contributed by atoms with van der Waals surface area (Å²) in [6.07, 6.45) is 1.16. The largest absolute Gasteiger partial charge is 0.383 e. The van der Waals surface area contributed by atoms with Gasteiger partial charge in [0.1, 0.15) is 0 Å². The third-order valence-corrected chi connectivity index (χ3v) is 2.04. The maximum Gasteiger partial charge on any atom is 0.0344 e. The van der Waals surface area contributed by atoms with Gasteiger partial charge < -0.3 is 5.32 Å². The first-order chi connectivity index (χ1) is 5.72. The second kappa shape index (κ2) is 4.15. The van der Waals surface area contributed by atoms with E-state index in [1.807, 2.05) is 0 Å². The molecule has 0 spiro atoms. The molecule has 1 nitrogen and oxygen atoms in total. The van der Waals surface area contributed by atoms with Gasteiger partial charge in [-0.15, -0.1) is 0 Å². The highest BCUT2D eigenvalue weighted by Crippen LogP contribution is 2.11. The van der Waals surface area contributed by atoms with Gasteiger partial charge in [0, 0.05) is 11.7 Å². The Balaban J connectivity index is 2.63. The minimum atomic E-state index is 0.562. The zero-order valence-corrected chi connectivity index (χ0v) is 8.09. The number of hydrogen-bond donors (Lipinski definition) is 1. The van der Waals surface area contributed by atoms with E-state index in [1.54, 1.807) is 0 Å². The molecule has 0 amide bonds. The zero-order chi connectivity index (χ0) is 8.97. The Hall–Kier alpha value is -0.980. The predicted octanol–water partition coefficient (Wildman–Crippen LogP) is 3.21. The van der Waals surface area contributed by atoms with Gasteiger partial charge in [0.2, 0.25) is 0 Å². The highest BCUT2D eigenvalue weighted by Gasteiger charge is 1.97. The van der Waals surface area contributed by atoms with Crippen LogP contribution in [0.25, 0.3) is 0 Å². The molecule has 0 heterocycles. The molecule has 1 heteroatoms. The number of aryl methyl sites for hydroxylation is 1. The van der Waals surface area contributed by atoms with Crippen LogP contribution in [0.15, 0.2) is 24.3 Å². The van der Waals surface area contributed by atoms with Gasteiger partial charge in [-0.3, -0.25) is 0 Å². The number of hydrogen-bond acceptors (Lipinski definition) is 1. The Labute approximate surface area is 74.8 Å². The van der Waals surface area contributed by atoms with Crippen LogP contribution in [0.2, 0.25) is 0 Å². The third kappa shape index (κ3) is 2.57. The number of nitrogens with one attached hydrogen (secondary N) is 1. The molecule has 0 bridgehead atoms. The molecule has 1 rings (SSSR count). The lowest BCUT2D eigenvalue weighted by molar-refractivity contribution is 0.764. The van der Waals surface area contributed by atoms with Gasteiger partial charge in [0.05, 0.1) is 0 Å². The SMILES string of the molecule is CC[C@@H](C)Nc1cccc(C)c1. The molecule has 0 aliphatic heterocycles. The summed E-state index contributed by atoms with van der Waals surface area (Å²) >= 11 is 0. The fourth-order valence-corrected chi connectivity index (χ4v) is 1.12. The van der Waals surface area contributed by atoms with Crippen LogP contribution in [0.1, 0.15) is 25.8 Å². The quantitative estimate of drug-likeness (QED) is 0.721. The van der Waals surface area contributed by atoms with Gasteiger partial charge in [0.25, 0.3) is 0 Å². The van der Waals surface area contributed by atoms with E-state index in [0.717, 1.165) is 6.42 Å². The van der Waals surface area contributed by atoms with E-state index in [4.69, 9.17) is 0 Å². The standard InChI is InChI=1S/C11H17N/c1-4-10(3)12-11-7-5-6-9(2)8-11/h5-8,10,12H,4H2,1-3H3/t10-/m1/s1. The highest BCUT2D eigenvalue weighted by molar-refractivity contribution is 5.45. The summed E-state index contributed by atoms with van der Waals surface area (Å²) in [7, 11) is 0. The first-order valence-corrected chi connectivity index (χ1v) is 4.55. The second-order valence-electron chi connectivity index (χ2n) is 3.32. The summed E-state index contributed by atoms with van der Waals surface area (Å²) in [4.78, 5) is 0. The van der Waals surface area contributed by atoms with Crippen LogP contribution in [0, 0.1) is 6.92 Å². The van der Waals surface area contributed by atoms with Crippen molar-refractivity contribution in [3.63, 3.8) is 0 Å². The Morgan fingerprint density at radius 2 is 2.17 bits per heavy atom. The summed E-state index contributed by atoms with van der Waals surface area (Å²) in [5.74, 6) is 0. The summed E-state index contributed by atoms with van der Waals surface area (Å²) in [6, 6.07) is 9.04. The monoisotopic (exact) mass is 163 g/mol. The van der Waals surface area contributed by atoms with Gasteiger partial charge in [-0.25, -0.2) is 0 Å². The van der Waals surface area contributed by atoms with E-state index in [9.17, 15) is 0 Å². The Morgan fingerprint density at radius 3 is 2.75 bits per heavy atom. The van der Waals surface area contributed by atoms with E-state index >= 15 is 0 Å². The fraction of sp³-hybridized carbons (Fsp3) is 0.455. The van der Waals surface area contributed by atoms with E-state index in [1.165, 1.54) is 11.3 Å². The number of anilines is 1. The molecule has 0 unspecified atom stereocenters. The van der Waals surface area contributed by atoms with Crippen LogP contribution in [0.3, 0.4) is 0 Å². The second-order valence-corrected chi connectivity index (χ2v) is 3.32. The molecule has 0 aliphatic carbocycles. The van der Waals surface area contributed by atoms with E-state index in [2.05, 4.69) is 50.4 Å². The predicted molar refractivity (Wildman–Crippen MR) is 54.6 cm³/mol. The fourth-order valence-electron chi connectivity index (χ4n) is 1.12. The Bertz CT molecular complexity index is 243. The van der Waals surface area contributed by atoms with Gasteiger partial charge in [0.15, 0.2) is 0 Å². The molecule has 1 aromatic rings. The zero-order valence-electron chi connectivity index (χ0n) is 8.09. The lowest BCUT2D eigenvalue weighted by atomic mass is 10.2. The number of rotatable bonds is 3. The van der Waals surface area contributed by atoms with Crippen LogP contribution in [0.4, 0.5) is 5.69 Å². The van der Waals surface area contributed by atoms with Crippen molar-refractivity contribution in [2.24, 2.45) is 0 Å². The van der Waals surface area contributed by atoms with E-state index < -0.39 is 0 Å². The van der Waals surface area contributed by atoms with Crippen LogP contribution in [-0.4, -0.2) is 6.04 Å². The summed E-state index contributed by atoms with van der Waals surface area (Å²) in [5, 5.41) is 3.43. The van der Waals surface area contributed by atoms with Crippen molar-refractivity contribution in [1.82, 2.24) is 0 Å². The normalized spacial score (nSPS) is 12.6. The molecule has 12 heavy (non-hydrogen) atoms. The van der Waals surface area contributed by atoms with Crippen molar-refractivity contribution in [2.75, 3.05) is 5.32 Å². The van der Waals surface area contributed by atoms with E-state index in [0.29, 0.717) is 6.04 Å². The van der Waals surface area contributed by atoms with Crippen LogP contribution >= 0.6 is 0 Å². The third-order valence-electron chi connectivity index (χ3n) is 2.04. The molecule has 0 aromatic heterocycles. The van der Waals surface area contributed by atoms with Crippen molar-refractivity contribution in [2.45, 2.75) is 33.2 Å². The minimum Gasteiger partial charge on any atom is -0.383 e. The average Bonchev–Trinajstić information content (AvgIpc) is 2.04. The Kier molecular flexibility index (Phi) is 3.15. The van der Waals surface area contributed by atoms with Gasteiger partial charge >= 0.3 is 0 Å². The number of benzene rings is 1. The lowest BCUT2D eigenvalue weighted by Gasteiger charge is -2.12. The highest BCUT2D eigenvalue weighted by atomic mass is 14.9. The van der Waals surface area contributed by atoms with Gasteiger partial charge in [-0.05, 0) is 38.0 Å². The van der Waals surface area contributed by atoms with Gasteiger partial charge in [-0.1, -0.05) is 19.1 Å².